The summed E-state index contributed by atoms with van der Waals surface area (Å²) in [5.74, 6) is 1.15. The van der Waals surface area contributed by atoms with Gasteiger partial charge in [0.2, 0.25) is 5.82 Å². The molecule has 0 aliphatic carbocycles. The van der Waals surface area contributed by atoms with Crippen LogP contribution in [0.2, 0.25) is 0 Å². The van der Waals surface area contributed by atoms with Gasteiger partial charge in [0.25, 0.3) is 5.91 Å². The second-order valence-electron chi connectivity index (χ2n) is 6.63. The molecule has 2 aromatic heterocycles. The van der Waals surface area contributed by atoms with Crippen LogP contribution < -0.4 is 5.73 Å². The second kappa shape index (κ2) is 8.21. The predicted molar refractivity (Wildman–Crippen MR) is 110 cm³/mol. The Hall–Kier alpha value is -2.22. The minimum atomic E-state index is -0.124. The fraction of sp³-hybridized carbons (Fsp3) is 0.316. The average molecular weight is 404 g/mol. The first-order valence-corrected chi connectivity index (χ1v) is 9.62. The van der Waals surface area contributed by atoms with Crippen molar-refractivity contribution in [2.24, 2.45) is 11.7 Å². The molecule has 1 amide bonds. The van der Waals surface area contributed by atoms with Crippen molar-refractivity contribution in [3.63, 3.8) is 0 Å². The van der Waals surface area contributed by atoms with Crippen LogP contribution in [0.5, 0.6) is 0 Å². The van der Waals surface area contributed by atoms with E-state index in [1.807, 2.05) is 52.7 Å². The maximum Gasteiger partial charge on any atom is 0.293 e. The molecule has 3 aromatic rings. The number of rotatable bonds is 4. The van der Waals surface area contributed by atoms with Crippen LogP contribution in [-0.2, 0) is 0 Å². The molecule has 27 heavy (non-hydrogen) atoms. The third-order valence-electron chi connectivity index (χ3n) is 4.80. The van der Waals surface area contributed by atoms with Gasteiger partial charge in [-0.2, -0.15) is 0 Å². The zero-order valence-electron chi connectivity index (χ0n) is 15.0. The van der Waals surface area contributed by atoms with E-state index in [9.17, 15) is 4.79 Å². The summed E-state index contributed by atoms with van der Waals surface area (Å²) in [6, 6.07) is 13.9. The molecule has 1 fully saturated rings. The molecule has 142 valence electrons. The van der Waals surface area contributed by atoms with Crippen molar-refractivity contribution in [3.05, 3.63) is 53.7 Å². The zero-order valence-corrected chi connectivity index (χ0v) is 16.6. The average Bonchev–Trinajstić information content (AvgIpc) is 3.40. The van der Waals surface area contributed by atoms with Gasteiger partial charge >= 0.3 is 0 Å². The summed E-state index contributed by atoms with van der Waals surface area (Å²) in [7, 11) is 0. The Morgan fingerprint density at radius 3 is 2.67 bits per heavy atom. The lowest BCUT2D eigenvalue weighted by Crippen LogP contribution is -2.35. The fourth-order valence-electron chi connectivity index (χ4n) is 3.44. The molecule has 6 nitrogen and oxygen atoms in total. The topological polar surface area (TPSA) is 77.0 Å². The van der Waals surface area contributed by atoms with E-state index in [-0.39, 0.29) is 30.2 Å². The highest BCUT2D eigenvalue weighted by molar-refractivity contribution is 7.13. The Morgan fingerprint density at radius 1 is 1.26 bits per heavy atom. The van der Waals surface area contributed by atoms with Crippen molar-refractivity contribution in [1.82, 2.24) is 19.7 Å². The lowest BCUT2D eigenvalue weighted by Gasteiger charge is -2.19. The second-order valence-corrected chi connectivity index (χ2v) is 7.58. The van der Waals surface area contributed by atoms with Gasteiger partial charge in [-0.05, 0) is 49.4 Å². The third kappa shape index (κ3) is 3.76. The summed E-state index contributed by atoms with van der Waals surface area (Å²) in [4.78, 5) is 20.5. The third-order valence-corrected chi connectivity index (χ3v) is 5.66. The molecule has 3 heterocycles. The molecule has 2 N–H and O–H groups in total. The number of amides is 1. The van der Waals surface area contributed by atoms with E-state index in [1.165, 1.54) is 0 Å². The van der Waals surface area contributed by atoms with E-state index in [0.29, 0.717) is 24.8 Å². The van der Waals surface area contributed by atoms with Crippen molar-refractivity contribution in [1.29, 1.82) is 0 Å². The Balaban J connectivity index is 0.00000210. The van der Waals surface area contributed by atoms with Gasteiger partial charge in [-0.3, -0.25) is 4.79 Å². The van der Waals surface area contributed by atoms with Crippen LogP contribution in [0.4, 0.5) is 0 Å². The molecular weight excluding hydrogens is 382 g/mol. The summed E-state index contributed by atoms with van der Waals surface area (Å²) in [6.07, 6.45) is 0.930. The van der Waals surface area contributed by atoms with Gasteiger partial charge in [0, 0.05) is 12.6 Å². The molecule has 0 spiro atoms. The molecule has 2 unspecified atom stereocenters. The summed E-state index contributed by atoms with van der Waals surface area (Å²) in [5.41, 5.74) is 6.68. The van der Waals surface area contributed by atoms with Crippen molar-refractivity contribution in [3.8, 4) is 16.4 Å². The van der Waals surface area contributed by atoms with E-state index < -0.39 is 0 Å². The number of hydrogen-bond acceptors (Lipinski definition) is 5. The Morgan fingerprint density at radius 2 is 2.04 bits per heavy atom. The van der Waals surface area contributed by atoms with Gasteiger partial charge < -0.3 is 10.6 Å². The minimum absolute atomic E-state index is 0. The monoisotopic (exact) mass is 403 g/mol. The number of halogens is 1. The smallest absolute Gasteiger partial charge is 0.293 e. The number of benzene rings is 1. The first-order chi connectivity index (χ1) is 12.7. The number of para-hydroxylation sites is 1. The molecule has 2 atom stereocenters. The van der Waals surface area contributed by atoms with Crippen LogP contribution in [0.25, 0.3) is 16.4 Å². The highest BCUT2D eigenvalue weighted by Gasteiger charge is 2.34. The van der Waals surface area contributed by atoms with Gasteiger partial charge in [0.1, 0.15) is 0 Å². The Labute approximate surface area is 168 Å². The highest BCUT2D eigenvalue weighted by atomic mass is 35.5. The number of carbonyl (C=O) groups excluding carboxylic acids is 1. The van der Waals surface area contributed by atoms with Gasteiger partial charge in [0.05, 0.1) is 10.6 Å². The number of nitrogens with two attached hydrogens (primary N) is 1. The number of carbonyl (C=O) groups is 1. The van der Waals surface area contributed by atoms with Gasteiger partial charge in [-0.1, -0.05) is 24.3 Å². The van der Waals surface area contributed by atoms with E-state index in [1.54, 1.807) is 16.0 Å². The van der Waals surface area contributed by atoms with Crippen LogP contribution in [-0.4, -0.2) is 44.7 Å². The molecular formula is C19H22ClN5OS. The van der Waals surface area contributed by atoms with Crippen molar-refractivity contribution < 1.29 is 4.79 Å². The van der Waals surface area contributed by atoms with Crippen LogP contribution in [0.15, 0.2) is 47.8 Å². The van der Waals surface area contributed by atoms with Crippen molar-refractivity contribution >= 4 is 29.7 Å². The molecule has 1 aromatic carbocycles. The van der Waals surface area contributed by atoms with Gasteiger partial charge in [-0.15, -0.1) is 28.8 Å². The molecule has 0 saturated carbocycles. The van der Waals surface area contributed by atoms with Crippen LogP contribution >= 0.6 is 23.7 Å². The number of hydrogen-bond donors (Lipinski definition) is 1. The van der Waals surface area contributed by atoms with Crippen LogP contribution in [0, 0.1) is 5.92 Å². The number of thiophene rings is 1. The highest BCUT2D eigenvalue weighted by Crippen LogP contribution is 2.27. The first-order valence-electron chi connectivity index (χ1n) is 8.74. The first kappa shape index (κ1) is 19.5. The quantitative estimate of drug-likeness (QED) is 0.725. The largest absolute Gasteiger partial charge is 0.333 e. The predicted octanol–water partition coefficient (Wildman–Crippen LogP) is 3.23. The molecule has 0 radical (unpaired) electrons. The van der Waals surface area contributed by atoms with Crippen LogP contribution in [0.1, 0.15) is 24.0 Å². The fourth-order valence-corrected chi connectivity index (χ4v) is 4.14. The maximum absolute atomic E-state index is 13.0. The summed E-state index contributed by atoms with van der Waals surface area (Å²) in [6.45, 7) is 3.33. The van der Waals surface area contributed by atoms with Gasteiger partial charge in [0.15, 0.2) is 5.82 Å². The van der Waals surface area contributed by atoms with Crippen LogP contribution in [0.3, 0.4) is 0 Å². The van der Waals surface area contributed by atoms with Gasteiger partial charge in [-0.25, -0.2) is 9.67 Å². The number of nitrogens with zero attached hydrogens (tertiary/aromatic N) is 4. The molecule has 8 heteroatoms. The SMILES string of the molecule is CC1CC(CN)CN1C(=O)c1nc(-c2cccs2)n(-c2ccccc2)n1.Cl. The normalized spacial score (nSPS) is 19.1. The summed E-state index contributed by atoms with van der Waals surface area (Å²) < 4.78 is 1.75. The lowest BCUT2D eigenvalue weighted by atomic mass is 10.1. The van der Waals surface area contributed by atoms with E-state index in [0.717, 1.165) is 17.0 Å². The minimum Gasteiger partial charge on any atom is -0.333 e. The summed E-state index contributed by atoms with van der Waals surface area (Å²) >= 11 is 1.58. The summed E-state index contributed by atoms with van der Waals surface area (Å²) in [5, 5.41) is 6.55. The maximum atomic E-state index is 13.0. The standard InChI is InChI=1S/C19H21N5OS.ClH/c1-13-10-14(11-20)12-23(13)19(25)17-21-18(16-8-5-9-26-16)24(22-17)15-6-3-2-4-7-15;/h2-9,13-14H,10-12,20H2,1H3;1H. The molecule has 0 bridgehead atoms. The van der Waals surface area contributed by atoms with E-state index in [2.05, 4.69) is 17.0 Å². The Kier molecular flexibility index (Phi) is 5.94. The van der Waals surface area contributed by atoms with E-state index in [4.69, 9.17) is 5.73 Å². The molecule has 1 aliphatic heterocycles. The number of likely N-dealkylation sites (tertiary alicyclic amines) is 1. The molecule has 1 saturated heterocycles. The van der Waals surface area contributed by atoms with Crippen molar-refractivity contribution in [2.45, 2.75) is 19.4 Å². The Bertz CT molecular complexity index is 896. The molecule has 4 rings (SSSR count). The number of aromatic nitrogens is 3. The van der Waals surface area contributed by atoms with Crippen molar-refractivity contribution in [2.75, 3.05) is 13.1 Å². The molecule has 1 aliphatic rings. The zero-order chi connectivity index (χ0) is 18.1. The van der Waals surface area contributed by atoms with E-state index >= 15 is 0 Å². The lowest BCUT2D eigenvalue weighted by molar-refractivity contribution is 0.0731.